The van der Waals surface area contributed by atoms with Crippen LogP contribution in [0.1, 0.15) is 39.0 Å². The molecule has 0 fully saturated rings. The maximum atomic E-state index is 13.1. The second kappa shape index (κ2) is 8.02. The van der Waals surface area contributed by atoms with Crippen molar-refractivity contribution in [1.82, 2.24) is 4.57 Å². The van der Waals surface area contributed by atoms with Crippen molar-refractivity contribution in [2.75, 3.05) is 7.11 Å². The molecule has 2 aromatic carbocycles. The quantitative estimate of drug-likeness (QED) is 0.233. The summed E-state index contributed by atoms with van der Waals surface area (Å²) in [6, 6.07) is 12.2. The summed E-state index contributed by atoms with van der Waals surface area (Å²) < 4.78 is 23.9. The molecule has 7 nitrogen and oxygen atoms in total. The van der Waals surface area contributed by atoms with Crippen LogP contribution in [0.4, 0.5) is 0 Å². The molecule has 2 aromatic heterocycles. The number of aryl methyl sites for hydroxylation is 2. The van der Waals surface area contributed by atoms with Gasteiger partial charge in [-0.1, -0.05) is 0 Å². The number of carbonyl (C=O) groups is 2. The van der Waals surface area contributed by atoms with Crippen molar-refractivity contribution in [3.8, 4) is 17.2 Å². The molecule has 0 aliphatic carbocycles. The fourth-order valence-electron chi connectivity index (χ4n) is 4.04. The van der Waals surface area contributed by atoms with Crippen LogP contribution in [0.25, 0.3) is 17.0 Å². The lowest BCUT2D eigenvalue weighted by atomic mass is 10.0. The Morgan fingerprint density at radius 2 is 2.00 bits per heavy atom. The molecular weight excluding hydrogens is 422 g/mol. The van der Waals surface area contributed by atoms with E-state index in [9.17, 15) is 9.59 Å². The first-order chi connectivity index (χ1) is 16.0. The number of furan rings is 1. The first kappa shape index (κ1) is 20.6. The molecule has 0 saturated carbocycles. The Bertz CT molecular complexity index is 1430. The fraction of sp³-hybridized carbons (Fsp3) is 0.154. The third-order valence-electron chi connectivity index (χ3n) is 5.62. The summed E-state index contributed by atoms with van der Waals surface area (Å²) in [6.45, 7) is 4.62. The number of ketones is 1. The first-order valence-corrected chi connectivity index (χ1v) is 10.5. The molecule has 33 heavy (non-hydrogen) atoms. The second-order valence-electron chi connectivity index (χ2n) is 7.67. The summed E-state index contributed by atoms with van der Waals surface area (Å²) in [7, 11) is 1.62. The molecule has 1 aliphatic heterocycles. The molecule has 0 radical (unpaired) electrons. The van der Waals surface area contributed by atoms with Crippen LogP contribution in [0.5, 0.6) is 17.2 Å². The van der Waals surface area contributed by atoms with E-state index in [1.54, 1.807) is 38.3 Å². The zero-order valence-corrected chi connectivity index (χ0v) is 18.4. The molecule has 166 valence electrons. The van der Waals surface area contributed by atoms with E-state index >= 15 is 0 Å². The summed E-state index contributed by atoms with van der Waals surface area (Å²) in [5.74, 6) is 0.817. The Balaban J connectivity index is 1.50. The molecular formula is C26H21NO6. The van der Waals surface area contributed by atoms with Crippen LogP contribution in [-0.2, 0) is 6.54 Å². The highest BCUT2D eigenvalue weighted by molar-refractivity contribution is 6.16. The monoisotopic (exact) mass is 443 g/mol. The Kier molecular flexibility index (Phi) is 5.01. The van der Waals surface area contributed by atoms with Crippen molar-refractivity contribution in [1.29, 1.82) is 0 Å². The van der Waals surface area contributed by atoms with Crippen molar-refractivity contribution in [2.45, 2.75) is 20.4 Å². The summed E-state index contributed by atoms with van der Waals surface area (Å²) in [5.41, 5.74) is 3.00. The zero-order chi connectivity index (χ0) is 23.1. The molecule has 0 N–H and O–H groups in total. The van der Waals surface area contributed by atoms with Gasteiger partial charge in [0.05, 0.1) is 18.9 Å². The summed E-state index contributed by atoms with van der Waals surface area (Å²) >= 11 is 0. The first-order valence-electron chi connectivity index (χ1n) is 10.5. The largest absolute Gasteiger partial charge is 0.497 e. The van der Waals surface area contributed by atoms with Crippen LogP contribution >= 0.6 is 0 Å². The van der Waals surface area contributed by atoms with Gasteiger partial charge in [-0.15, -0.1) is 0 Å². The van der Waals surface area contributed by atoms with E-state index in [1.165, 1.54) is 12.3 Å². The number of methoxy groups -OCH3 is 1. The van der Waals surface area contributed by atoms with Gasteiger partial charge in [0.25, 0.3) is 0 Å². The number of fused-ring (bicyclic) bond motifs is 2. The summed E-state index contributed by atoms with van der Waals surface area (Å²) in [6.07, 6.45) is 5.12. The van der Waals surface area contributed by atoms with Gasteiger partial charge >= 0.3 is 5.97 Å². The normalized spacial score (nSPS) is 13.9. The number of carbonyl (C=O) groups excluding carboxylic acids is 2. The summed E-state index contributed by atoms with van der Waals surface area (Å²) in [5, 5.41) is 0.959. The number of allylic oxidation sites excluding steroid dienone is 1. The highest BCUT2D eigenvalue weighted by atomic mass is 16.5. The zero-order valence-electron chi connectivity index (χ0n) is 18.4. The van der Waals surface area contributed by atoms with Crippen LogP contribution in [-0.4, -0.2) is 23.4 Å². The van der Waals surface area contributed by atoms with Crippen LogP contribution < -0.4 is 14.2 Å². The second-order valence-corrected chi connectivity index (χ2v) is 7.67. The van der Waals surface area contributed by atoms with Gasteiger partial charge in [-0.3, -0.25) is 4.79 Å². The van der Waals surface area contributed by atoms with Gasteiger partial charge < -0.3 is 23.2 Å². The molecule has 7 heteroatoms. The van der Waals surface area contributed by atoms with E-state index in [1.807, 2.05) is 24.4 Å². The lowest BCUT2D eigenvalue weighted by Gasteiger charge is -2.06. The Hall–Kier alpha value is -4.26. The highest BCUT2D eigenvalue weighted by Crippen LogP contribution is 2.38. The average Bonchev–Trinajstić information content (AvgIpc) is 3.52. The van der Waals surface area contributed by atoms with E-state index < -0.39 is 5.97 Å². The maximum Gasteiger partial charge on any atom is 0.379 e. The topological polar surface area (TPSA) is 79.9 Å². The Morgan fingerprint density at radius 1 is 1.15 bits per heavy atom. The number of esters is 1. The third-order valence-corrected chi connectivity index (χ3v) is 5.62. The molecule has 5 rings (SSSR count). The fourth-order valence-corrected chi connectivity index (χ4v) is 4.04. The van der Waals surface area contributed by atoms with Crippen molar-refractivity contribution in [3.05, 3.63) is 83.1 Å². The van der Waals surface area contributed by atoms with E-state index in [4.69, 9.17) is 18.6 Å². The Morgan fingerprint density at radius 3 is 2.73 bits per heavy atom. The van der Waals surface area contributed by atoms with Gasteiger partial charge in [-0.2, -0.15) is 0 Å². The van der Waals surface area contributed by atoms with Crippen molar-refractivity contribution in [3.63, 3.8) is 0 Å². The standard InChI is InChI=1S/C26H21NO6/c1-4-27-14-16(19-12-17(30-3)7-8-20(19)27)11-23-25(28)24-15(2)10-18(13-22(24)33-23)32-26(29)21-6-5-9-31-21/h5-14H,4H2,1-3H3/b23-11-. The van der Waals surface area contributed by atoms with E-state index in [2.05, 4.69) is 11.5 Å². The van der Waals surface area contributed by atoms with Gasteiger partial charge in [0.15, 0.2) is 5.76 Å². The average molecular weight is 443 g/mol. The van der Waals surface area contributed by atoms with Crippen LogP contribution in [0.15, 0.2) is 65.1 Å². The predicted octanol–water partition coefficient (Wildman–Crippen LogP) is 5.41. The highest BCUT2D eigenvalue weighted by Gasteiger charge is 2.31. The van der Waals surface area contributed by atoms with Gasteiger partial charge in [-0.05, 0) is 61.9 Å². The van der Waals surface area contributed by atoms with Crippen LogP contribution in [0.2, 0.25) is 0 Å². The van der Waals surface area contributed by atoms with Gasteiger partial charge in [0.1, 0.15) is 17.2 Å². The van der Waals surface area contributed by atoms with E-state index in [0.29, 0.717) is 16.9 Å². The van der Waals surface area contributed by atoms with Crippen LogP contribution in [0, 0.1) is 6.92 Å². The number of benzene rings is 2. The lowest BCUT2D eigenvalue weighted by molar-refractivity contribution is 0.0701. The predicted molar refractivity (Wildman–Crippen MR) is 122 cm³/mol. The molecule has 1 aliphatic rings. The number of ether oxygens (including phenoxy) is 3. The van der Waals surface area contributed by atoms with Gasteiger partial charge in [-0.25, -0.2) is 4.79 Å². The van der Waals surface area contributed by atoms with Crippen LogP contribution in [0.3, 0.4) is 0 Å². The van der Waals surface area contributed by atoms with E-state index in [0.717, 1.165) is 28.8 Å². The SMILES string of the molecule is CCn1cc(/C=C2\Oc3cc(OC(=O)c4ccco4)cc(C)c3C2=O)c2cc(OC)ccc21. The number of hydrogen-bond acceptors (Lipinski definition) is 6. The molecule has 3 heterocycles. The smallest absolute Gasteiger partial charge is 0.379 e. The number of hydrogen-bond donors (Lipinski definition) is 0. The third kappa shape index (κ3) is 3.57. The lowest BCUT2D eigenvalue weighted by Crippen LogP contribution is -2.07. The molecule has 0 bridgehead atoms. The molecule has 0 saturated heterocycles. The number of nitrogens with zero attached hydrogens (tertiary/aromatic N) is 1. The maximum absolute atomic E-state index is 13.1. The van der Waals surface area contributed by atoms with Crippen molar-refractivity contribution >= 4 is 28.7 Å². The van der Waals surface area contributed by atoms with Crippen molar-refractivity contribution in [2.24, 2.45) is 0 Å². The van der Waals surface area contributed by atoms with Gasteiger partial charge in [0.2, 0.25) is 11.5 Å². The minimum atomic E-state index is -0.624. The number of Topliss-reactive ketones (excluding diaryl/α,β-unsaturated/α-hetero) is 1. The molecule has 0 amide bonds. The minimum Gasteiger partial charge on any atom is -0.497 e. The van der Waals surface area contributed by atoms with Crippen molar-refractivity contribution < 1.29 is 28.2 Å². The molecule has 0 unspecified atom stereocenters. The summed E-state index contributed by atoms with van der Waals surface area (Å²) in [4.78, 5) is 25.3. The minimum absolute atomic E-state index is 0.0912. The molecule has 0 spiro atoms. The number of aromatic nitrogens is 1. The van der Waals surface area contributed by atoms with E-state index in [-0.39, 0.29) is 23.1 Å². The Labute approximate surface area is 189 Å². The molecule has 4 aromatic rings. The number of rotatable bonds is 5. The molecule has 0 atom stereocenters. The van der Waals surface area contributed by atoms with Gasteiger partial charge in [0, 0.05) is 35.3 Å².